The molecule has 1 aromatic carbocycles. The zero-order valence-corrected chi connectivity index (χ0v) is 13.5. The van der Waals surface area contributed by atoms with Gasteiger partial charge in [0.05, 0.1) is 18.0 Å². The van der Waals surface area contributed by atoms with Gasteiger partial charge in [-0.2, -0.15) is 8.75 Å². The van der Waals surface area contributed by atoms with Crippen molar-refractivity contribution < 1.29 is 14.0 Å². The average molecular weight is 342 g/mol. The van der Waals surface area contributed by atoms with Crippen molar-refractivity contribution in [3.05, 3.63) is 47.9 Å². The highest BCUT2D eigenvalue weighted by molar-refractivity contribution is 7.00. The number of hydrogen-bond donors (Lipinski definition) is 0. The fourth-order valence-electron chi connectivity index (χ4n) is 2.77. The Morgan fingerprint density at radius 2 is 1.67 bits per heavy atom. The average Bonchev–Trinajstić information content (AvgIpc) is 3.31. The highest BCUT2D eigenvalue weighted by atomic mass is 32.1. The number of furan rings is 1. The Morgan fingerprint density at radius 3 is 2.38 bits per heavy atom. The van der Waals surface area contributed by atoms with Crippen LogP contribution in [0.3, 0.4) is 0 Å². The third-order valence-electron chi connectivity index (χ3n) is 4.09. The monoisotopic (exact) mass is 342 g/mol. The van der Waals surface area contributed by atoms with E-state index < -0.39 is 0 Å². The molecule has 1 saturated heterocycles. The van der Waals surface area contributed by atoms with Gasteiger partial charge >= 0.3 is 0 Å². The van der Waals surface area contributed by atoms with Crippen LogP contribution >= 0.6 is 11.7 Å². The molecule has 0 unspecified atom stereocenters. The summed E-state index contributed by atoms with van der Waals surface area (Å²) >= 11 is 1.13. The third-order valence-corrected chi connectivity index (χ3v) is 4.64. The molecule has 1 fully saturated rings. The molecule has 3 heterocycles. The lowest BCUT2D eigenvalue weighted by Gasteiger charge is -2.34. The Balaban J connectivity index is 1.43. The van der Waals surface area contributed by atoms with Crippen LogP contribution in [0.5, 0.6) is 0 Å². The fraction of sp³-hybridized carbons (Fsp3) is 0.250. The van der Waals surface area contributed by atoms with Crippen LogP contribution in [-0.2, 0) is 0 Å². The van der Waals surface area contributed by atoms with Crippen LogP contribution in [0.1, 0.15) is 20.9 Å². The van der Waals surface area contributed by atoms with E-state index in [1.54, 1.807) is 34.1 Å². The van der Waals surface area contributed by atoms with Crippen LogP contribution < -0.4 is 0 Å². The van der Waals surface area contributed by atoms with Gasteiger partial charge in [0.25, 0.3) is 11.8 Å². The van der Waals surface area contributed by atoms with Crippen molar-refractivity contribution in [2.75, 3.05) is 26.2 Å². The minimum absolute atomic E-state index is 0.0463. The summed E-state index contributed by atoms with van der Waals surface area (Å²) in [6.45, 7) is 1.98. The van der Waals surface area contributed by atoms with Gasteiger partial charge in [-0.3, -0.25) is 9.59 Å². The number of fused-ring (bicyclic) bond motifs is 1. The van der Waals surface area contributed by atoms with E-state index in [1.165, 1.54) is 6.26 Å². The molecule has 2 amide bonds. The van der Waals surface area contributed by atoms with E-state index in [-0.39, 0.29) is 11.8 Å². The van der Waals surface area contributed by atoms with Gasteiger partial charge < -0.3 is 14.2 Å². The topological polar surface area (TPSA) is 79.5 Å². The van der Waals surface area contributed by atoms with Crippen LogP contribution in [0.4, 0.5) is 0 Å². The van der Waals surface area contributed by atoms with Gasteiger partial charge in [-0.1, -0.05) is 0 Å². The van der Waals surface area contributed by atoms with E-state index in [4.69, 9.17) is 4.42 Å². The maximum absolute atomic E-state index is 12.6. The van der Waals surface area contributed by atoms with Gasteiger partial charge in [0.2, 0.25) is 0 Å². The molecular weight excluding hydrogens is 328 g/mol. The SMILES string of the molecule is O=C(c1ccc2nsnc2c1)N1CCN(C(=O)c2ccco2)CC1. The first-order valence-electron chi connectivity index (χ1n) is 7.57. The number of aromatic nitrogens is 2. The number of rotatable bonds is 2. The summed E-state index contributed by atoms with van der Waals surface area (Å²) < 4.78 is 13.4. The van der Waals surface area contributed by atoms with E-state index in [0.29, 0.717) is 37.5 Å². The summed E-state index contributed by atoms with van der Waals surface area (Å²) in [6, 6.07) is 8.68. The second kappa shape index (κ2) is 6.04. The highest BCUT2D eigenvalue weighted by Crippen LogP contribution is 2.16. The largest absolute Gasteiger partial charge is 0.459 e. The number of nitrogens with zero attached hydrogens (tertiary/aromatic N) is 4. The second-order valence-corrected chi connectivity index (χ2v) is 6.06. The molecule has 122 valence electrons. The summed E-state index contributed by atoms with van der Waals surface area (Å²) in [4.78, 5) is 28.3. The fourth-order valence-corrected chi connectivity index (χ4v) is 3.28. The van der Waals surface area contributed by atoms with Crippen molar-refractivity contribution in [3.63, 3.8) is 0 Å². The zero-order chi connectivity index (χ0) is 16.5. The zero-order valence-electron chi connectivity index (χ0n) is 12.7. The van der Waals surface area contributed by atoms with Gasteiger partial charge in [0.15, 0.2) is 5.76 Å². The van der Waals surface area contributed by atoms with E-state index in [0.717, 1.165) is 22.8 Å². The van der Waals surface area contributed by atoms with Crippen molar-refractivity contribution in [3.8, 4) is 0 Å². The van der Waals surface area contributed by atoms with Crippen LogP contribution in [0.15, 0.2) is 41.0 Å². The van der Waals surface area contributed by atoms with Gasteiger partial charge in [0, 0.05) is 31.7 Å². The predicted molar refractivity (Wildman–Crippen MR) is 87.9 cm³/mol. The smallest absolute Gasteiger partial charge is 0.289 e. The molecule has 1 aliphatic heterocycles. The maximum Gasteiger partial charge on any atom is 0.289 e. The molecular formula is C16H14N4O3S. The Bertz CT molecular complexity index is 882. The lowest BCUT2D eigenvalue weighted by molar-refractivity contribution is 0.0518. The lowest BCUT2D eigenvalue weighted by atomic mass is 10.1. The van der Waals surface area contributed by atoms with Gasteiger partial charge in [-0.05, 0) is 30.3 Å². The van der Waals surface area contributed by atoms with Crippen molar-refractivity contribution in [1.82, 2.24) is 18.5 Å². The molecule has 0 aliphatic carbocycles. The quantitative estimate of drug-likeness (QED) is 0.710. The molecule has 3 aromatic rings. The van der Waals surface area contributed by atoms with E-state index in [2.05, 4.69) is 8.75 Å². The molecule has 0 bridgehead atoms. The van der Waals surface area contributed by atoms with Crippen LogP contribution in [0.25, 0.3) is 11.0 Å². The summed E-state index contributed by atoms with van der Waals surface area (Å²) in [5, 5.41) is 0. The standard InChI is InChI=1S/C16H14N4O3S/c21-15(11-3-4-12-13(10-11)18-24-17-12)19-5-7-20(8-6-19)16(22)14-2-1-9-23-14/h1-4,9-10H,5-8H2. The van der Waals surface area contributed by atoms with E-state index >= 15 is 0 Å². The first-order valence-corrected chi connectivity index (χ1v) is 8.30. The molecule has 1 aliphatic rings. The molecule has 8 heteroatoms. The Morgan fingerprint density at radius 1 is 0.958 bits per heavy atom. The van der Waals surface area contributed by atoms with Gasteiger partial charge in [-0.15, -0.1) is 0 Å². The molecule has 24 heavy (non-hydrogen) atoms. The third kappa shape index (κ3) is 2.65. The van der Waals surface area contributed by atoms with E-state index in [1.807, 2.05) is 6.07 Å². The van der Waals surface area contributed by atoms with Gasteiger partial charge in [-0.25, -0.2) is 0 Å². The second-order valence-electron chi connectivity index (χ2n) is 5.53. The molecule has 4 rings (SSSR count). The predicted octanol–water partition coefficient (Wildman–Crippen LogP) is 1.88. The molecule has 0 atom stereocenters. The number of piperazine rings is 1. The number of carbonyl (C=O) groups is 2. The molecule has 7 nitrogen and oxygen atoms in total. The molecule has 0 radical (unpaired) electrons. The summed E-state index contributed by atoms with van der Waals surface area (Å²) in [7, 11) is 0. The Hall–Kier alpha value is -2.74. The summed E-state index contributed by atoms with van der Waals surface area (Å²) in [5.74, 6) is 0.147. The first-order chi connectivity index (χ1) is 11.7. The van der Waals surface area contributed by atoms with Crippen molar-refractivity contribution in [2.24, 2.45) is 0 Å². The first kappa shape index (κ1) is 14.8. The van der Waals surface area contributed by atoms with Crippen molar-refractivity contribution >= 4 is 34.6 Å². The lowest BCUT2D eigenvalue weighted by Crippen LogP contribution is -2.50. The Kier molecular flexibility index (Phi) is 3.73. The number of carbonyl (C=O) groups excluding carboxylic acids is 2. The van der Waals surface area contributed by atoms with E-state index in [9.17, 15) is 9.59 Å². The highest BCUT2D eigenvalue weighted by Gasteiger charge is 2.26. The summed E-state index contributed by atoms with van der Waals surface area (Å²) in [6.07, 6.45) is 1.48. The van der Waals surface area contributed by atoms with Crippen LogP contribution in [0.2, 0.25) is 0 Å². The molecule has 0 spiro atoms. The number of hydrogen-bond acceptors (Lipinski definition) is 6. The van der Waals surface area contributed by atoms with Crippen molar-refractivity contribution in [1.29, 1.82) is 0 Å². The van der Waals surface area contributed by atoms with Crippen molar-refractivity contribution in [2.45, 2.75) is 0 Å². The van der Waals surface area contributed by atoms with Gasteiger partial charge in [0.1, 0.15) is 11.0 Å². The minimum Gasteiger partial charge on any atom is -0.459 e. The molecule has 0 saturated carbocycles. The van der Waals surface area contributed by atoms with Crippen LogP contribution in [0, 0.1) is 0 Å². The van der Waals surface area contributed by atoms with Crippen LogP contribution in [-0.4, -0.2) is 56.5 Å². The summed E-state index contributed by atoms with van der Waals surface area (Å²) in [5.41, 5.74) is 2.13. The maximum atomic E-state index is 12.6. The minimum atomic E-state index is -0.137. The molecule has 0 N–H and O–H groups in total. The Labute approximate surface area is 141 Å². The normalized spacial score (nSPS) is 15.0. The number of benzene rings is 1. The molecule has 2 aromatic heterocycles. The number of amides is 2.